The SMILES string of the molecule is COCCNCCNC(=O)C1CCCN(C(=O)C2CC2)C1. The second-order valence-corrected chi connectivity index (χ2v) is 5.93. The summed E-state index contributed by atoms with van der Waals surface area (Å²) < 4.78 is 4.94. The molecule has 6 heteroatoms. The van der Waals surface area contributed by atoms with Crippen LogP contribution in [0, 0.1) is 11.8 Å². The molecule has 1 aliphatic carbocycles. The number of carbonyl (C=O) groups is 2. The predicted molar refractivity (Wildman–Crippen MR) is 79.8 cm³/mol. The molecular formula is C15H27N3O3. The molecule has 0 aromatic carbocycles. The third kappa shape index (κ3) is 5.28. The number of nitrogens with one attached hydrogen (secondary N) is 2. The molecule has 1 atom stereocenters. The zero-order valence-electron chi connectivity index (χ0n) is 12.9. The molecule has 21 heavy (non-hydrogen) atoms. The average Bonchev–Trinajstić information content (AvgIpc) is 3.34. The first-order chi connectivity index (χ1) is 10.2. The molecular weight excluding hydrogens is 270 g/mol. The summed E-state index contributed by atoms with van der Waals surface area (Å²) in [7, 11) is 1.67. The summed E-state index contributed by atoms with van der Waals surface area (Å²) in [5, 5.41) is 6.14. The highest BCUT2D eigenvalue weighted by atomic mass is 16.5. The number of ether oxygens (including phenoxy) is 1. The van der Waals surface area contributed by atoms with Crippen molar-refractivity contribution in [2.75, 3.05) is 46.4 Å². The number of carbonyl (C=O) groups excluding carboxylic acids is 2. The summed E-state index contributed by atoms with van der Waals surface area (Å²) in [5.41, 5.74) is 0. The molecule has 0 spiro atoms. The maximum atomic E-state index is 12.1. The maximum absolute atomic E-state index is 12.1. The van der Waals surface area contributed by atoms with Crippen LogP contribution >= 0.6 is 0 Å². The minimum atomic E-state index is -0.0413. The summed E-state index contributed by atoms with van der Waals surface area (Å²) in [6, 6.07) is 0. The second kappa shape index (κ2) is 8.34. The van der Waals surface area contributed by atoms with Crippen LogP contribution in [-0.4, -0.2) is 63.2 Å². The number of piperidine rings is 1. The van der Waals surface area contributed by atoms with Gasteiger partial charge in [-0.1, -0.05) is 0 Å². The minimum absolute atomic E-state index is 0.0413. The highest BCUT2D eigenvalue weighted by molar-refractivity contribution is 5.83. The Labute approximate surface area is 126 Å². The first-order valence-electron chi connectivity index (χ1n) is 7.98. The van der Waals surface area contributed by atoms with Crippen molar-refractivity contribution < 1.29 is 14.3 Å². The fourth-order valence-electron chi connectivity index (χ4n) is 2.70. The van der Waals surface area contributed by atoms with Crippen LogP contribution in [0.3, 0.4) is 0 Å². The molecule has 1 heterocycles. The monoisotopic (exact) mass is 297 g/mol. The van der Waals surface area contributed by atoms with Crippen molar-refractivity contribution in [3.63, 3.8) is 0 Å². The Kier molecular flexibility index (Phi) is 6.45. The molecule has 0 aromatic heterocycles. The topological polar surface area (TPSA) is 70.7 Å². The van der Waals surface area contributed by atoms with E-state index >= 15 is 0 Å². The molecule has 1 saturated carbocycles. The number of amides is 2. The number of hydrogen-bond acceptors (Lipinski definition) is 4. The van der Waals surface area contributed by atoms with Gasteiger partial charge in [-0.3, -0.25) is 9.59 Å². The fraction of sp³-hybridized carbons (Fsp3) is 0.867. The Morgan fingerprint density at radius 2 is 1.95 bits per heavy atom. The lowest BCUT2D eigenvalue weighted by Gasteiger charge is -2.32. The smallest absolute Gasteiger partial charge is 0.225 e. The van der Waals surface area contributed by atoms with Crippen molar-refractivity contribution >= 4 is 11.8 Å². The zero-order valence-corrected chi connectivity index (χ0v) is 12.9. The van der Waals surface area contributed by atoms with Crippen LogP contribution < -0.4 is 10.6 Å². The van der Waals surface area contributed by atoms with Crippen LogP contribution in [0.4, 0.5) is 0 Å². The molecule has 120 valence electrons. The molecule has 1 aliphatic heterocycles. The summed E-state index contributed by atoms with van der Waals surface area (Å²) in [5.74, 6) is 0.544. The Morgan fingerprint density at radius 1 is 1.14 bits per heavy atom. The van der Waals surface area contributed by atoms with Gasteiger partial charge in [0.25, 0.3) is 0 Å². The third-order valence-corrected chi connectivity index (χ3v) is 4.11. The van der Waals surface area contributed by atoms with E-state index in [1.165, 1.54) is 0 Å². The average molecular weight is 297 g/mol. The zero-order chi connectivity index (χ0) is 15.1. The van der Waals surface area contributed by atoms with Crippen molar-refractivity contribution in [3.8, 4) is 0 Å². The highest BCUT2D eigenvalue weighted by Gasteiger charge is 2.36. The molecule has 2 fully saturated rings. The minimum Gasteiger partial charge on any atom is -0.383 e. The molecule has 0 radical (unpaired) electrons. The van der Waals surface area contributed by atoms with Crippen molar-refractivity contribution in [1.29, 1.82) is 0 Å². The molecule has 2 N–H and O–H groups in total. The summed E-state index contributed by atoms with van der Waals surface area (Å²) in [6.45, 7) is 4.24. The standard InChI is InChI=1S/C15H27N3O3/c1-21-10-8-16-6-7-17-14(19)13-3-2-9-18(11-13)15(20)12-4-5-12/h12-13,16H,2-11H2,1H3,(H,17,19). The van der Waals surface area contributed by atoms with E-state index in [1.54, 1.807) is 7.11 Å². The quantitative estimate of drug-likeness (QED) is 0.618. The lowest BCUT2D eigenvalue weighted by atomic mass is 9.96. The molecule has 1 saturated heterocycles. The van der Waals surface area contributed by atoms with E-state index in [0.29, 0.717) is 19.7 Å². The number of methoxy groups -OCH3 is 1. The first-order valence-corrected chi connectivity index (χ1v) is 7.98. The van der Waals surface area contributed by atoms with Crippen molar-refractivity contribution in [2.24, 2.45) is 11.8 Å². The molecule has 0 bridgehead atoms. The molecule has 1 unspecified atom stereocenters. The van der Waals surface area contributed by atoms with Gasteiger partial charge in [0.15, 0.2) is 0 Å². The Morgan fingerprint density at radius 3 is 2.67 bits per heavy atom. The number of rotatable bonds is 8. The number of likely N-dealkylation sites (tertiary alicyclic amines) is 1. The molecule has 2 amide bonds. The van der Waals surface area contributed by atoms with E-state index in [9.17, 15) is 9.59 Å². The van der Waals surface area contributed by atoms with Gasteiger partial charge in [-0.2, -0.15) is 0 Å². The van der Waals surface area contributed by atoms with Gasteiger partial charge < -0.3 is 20.3 Å². The maximum Gasteiger partial charge on any atom is 0.225 e. The summed E-state index contributed by atoms with van der Waals surface area (Å²) in [6.07, 6.45) is 3.87. The van der Waals surface area contributed by atoms with Crippen LogP contribution in [0.15, 0.2) is 0 Å². The van der Waals surface area contributed by atoms with Crippen molar-refractivity contribution in [3.05, 3.63) is 0 Å². The van der Waals surface area contributed by atoms with Crippen molar-refractivity contribution in [2.45, 2.75) is 25.7 Å². The van der Waals surface area contributed by atoms with Crippen LogP contribution in [0.1, 0.15) is 25.7 Å². The normalized spacial score (nSPS) is 22.1. The van der Waals surface area contributed by atoms with Gasteiger partial charge in [-0.15, -0.1) is 0 Å². The third-order valence-electron chi connectivity index (χ3n) is 4.11. The number of nitrogens with zero attached hydrogens (tertiary/aromatic N) is 1. The van der Waals surface area contributed by atoms with Crippen LogP contribution in [0.5, 0.6) is 0 Å². The largest absolute Gasteiger partial charge is 0.383 e. The number of hydrogen-bond donors (Lipinski definition) is 2. The summed E-state index contributed by atoms with van der Waals surface area (Å²) >= 11 is 0. The van der Waals surface area contributed by atoms with E-state index in [0.717, 1.165) is 45.3 Å². The molecule has 0 aromatic rings. The van der Waals surface area contributed by atoms with E-state index in [1.807, 2.05) is 4.90 Å². The van der Waals surface area contributed by atoms with Crippen molar-refractivity contribution in [1.82, 2.24) is 15.5 Å². The first kappa shape index (κ1) is 16.2. The summed E-state index contributed by atoms with van der Waals surface area (Å²) in [4.78, 5) is 26.1. The van der Waals surface area contributed by atoms with Gasteiger partial charge in [0.05, 0.1) is 12.5 Å². The fourth-order valence-corrected chi connectivity index (χ4v) is 2.70. The van der Waals surface area contributed by atoms with E-state index < -0.39 is 0 Å². The van der Waals surface area contributed by atoms with Crippen LogP contribution in [0.2, 0.25) is 0 Å². The van der Waals surface area contributed by atoms with Gasteiger partial charge >= 0.3 is 0 Å². The Hall–Kier alpha value is -1.14. The van der Waals surface area contributed by atoms with E-state index in [4.69, 9.17) is 4.74 Å². The second-order valence-electron chi connectivity index (χ2n) is 5.93. The predicted octanol–water partition coefficient (Wildman–Crippen LogP) is -0.0128. The Balaban J connectivity index is 1.63. The molecule has 2 aliphatic rings. The molecule has 6 nitrogen and oxygen atoms in total. The molecule has 2 rings (SSSR count). The van der Waals surface area contributed by atoms with Crippen LogP contribution in [0.25, 0.3) is 0 Å². The van der Waals surface area contributed by atoms with Gasteiger partial charge in [-0.05, 0) is 25.7 Å². The van der Waals surface area contributed by atoms with Gasteiger partial charge in [0.2, 0.25) is 11.8 Å². The lowest BCUT2D eigenvalue weighted by molar-refractivity contribution is -0.136. The van der Waals surface area contributed by atoms with Gasteiger partial charge in [0, 0.05) is 45.8 Å². The highest BCUT2D eigenvalue weighted by Crippen LogP contribution is 2.32. The van der Waals surface area contributed by atoms with Crippen LogP contribution in [-0.2, 0) is 14.3 Å². The lowest BCUT2D eigenvalue weighted by Crippen LogP contribution is -2.46. The van der Waals surface area contributed by atoms with Gasteiger partial charge in [-0.25, -0.2) is 0 Å². The Bertz CT molecular complexity index is 358. The van der Waals surface area contributed by atoms with Gasteiger partial charge in [0.1, 0.15) is 0 Å². The van der Waals surface area contributed by atoms with E-state index in [-0.39, 0.29) is 23.7 Å². The van der Waals surface area contributed by atoms with E-state index in [2.05, 4.69) is 10.6 Å².